The summed E-state index contributed by atoms with van der Waals surface area (Å²) in [6, 6.07) is 5.12. The maximum Gasteiger partial charge on any atom is 0.125 e. The Hall–Kier alpha value is -1.35. The first-order valence-electron chi connectivity index (χ1n) is 9.17. The summed E-state index contributed by atoms with van der Waals surface area (Å²) in [5, 5.41) is 5.07. The summed E-state index contributed by atoms with van der Waals surface area (Å²) in [4.78, 5) is 3.26. The lowest BCUT2D eigenvalue weighted by Crippen LogP contribution is -2.47. The van der Waals surface area contributed by atoms with Crippen molar-refractivity contribution in [1.29, 1.82) is 0 Å². The van der Waals surface area contributed by atoms with Gasteiger partial charge in [-0.15, -0.1) is 0 Å². The van der Waals surface area contributed by atoms with Crippen LogP contribution in [0, 0.1) is 11.7 Å². The summed E-state index contributed by atoms with van der Waals surface area (Å²) >= 11 is 0. The van der Waals surface area contributed by atoms with Crippen molar-refractivity contribution in [1.82, 2.24) is 10.3 Å². The summed E-state index contributed by atoms with van der Waals surface area (Å²) in [7, 11) is 0. The Balaban J connectivity index is 1.56. The lowest BCUT2D eigenvalue weighted by atomic mass is 9.79. The van der Waals surface area contributed by atoms with E-state index in [0.717, 1.165) is 18.0 Å². The highest BCUT2D eigenvalue weighted by atomic mass is 19.1. The number of benzene rings is 1. The van der Waals surface area contributed by atoms with E-state index in [1.165, 1.54) is 55.9 Å². The van der Waals surface area contributed by atoms with Crippen molar-refractivity contribution >= 4 is 10.9 Å². The number of aromatic amines is 1. The smallest absolute Gasteiger partial charge is 0.125 e. The van der Waals surface area contributed by atoms with E-state index in [0.29, 0.717) is 11.5 Å². The zero-order valence-corrected chi connectivity index (χ0v) is 14.0. The standard InChI is InChI=1S/C20H27FN2/c1-20(15-4-2-3-5-15)10-8-14(9-11-23-20)18-13-22-19-12-16(21)6-7-17(18)19/h6-7,12-15,22-23H,2-5,8-11H2,1H3. The summed E-state index contributed by atoms with van der Waals surface area (Å²) in [6.07, 6.45) is 11.3. The van der Waals surface area contributed by atoms with Gasteiger partial charge in [-0.05, 0) is 81.2 Å². The van der Waals surface area contributed by atoms with Gasteiger partial charge in [-0.2, -0.15) is 0 Å². The van der Waals surface area contributed by atoms with Gasteiger partial charge in [0.1, 0.15) is 5.82 Å². The molecule has 1 aliphatic heterocycles. The fourth-order valence-corrected chi connectivity index (χ4v) is 4.92. The molecule has 4 rings (SSSR count). The third-order valence-corrected chi connectivity index (χ3v) is 6.41. The highest BCUT2D eigenvalue weighted by Gasteiger charge is 2.37. The van der Waals surface area contributed by atoms with E-state index < -0.39 is 0 Å². The maximum absolute atomic E-state index is 13.4. The van der Waals surface area contributed by atoms with Crippen LogP contribution in [-0.4, -0.2) is 17.1 Å². The Kier molecular flexibility index (Phi) is 3.92. The number of halogens is 1. The van der Waals surface area contributed by atoms with Gasteiger partial charge < -0.3 is 10.3 Å². The molecular weight excluding hydrogens is 287 g/mol. The Morgan fingerprint density at radius 2 is 1.96 bits per heavy atom. The summed E-state index contributed by atoms with van der Waals surface area (Å²) in [6.45, 7) is 3.53. The summed E-state index contributed by atoms with van der Waals surface area (Å²) < 4.78 is 13.4. The van der Waals surface area contributed by atoms with Crippen LogP contribution in [0.15, 0.2) is 24.4 Å². The first kappa shape index (κ1) is 15.2. The first-order chi connectivity index (χ1) is 11.2. The van der Waals surface area contributed by atoms with Crippen molar-refractivity contribution in [2.24, 2.45) is 5.92 Å². The van der Waals surface area contributed by atoms with Crippen LogP contribution in [-0.2, 0) is 0 Å². The second-order valence-electron chi connectivity index (χ2n) is 7.78. The molecule has 1 saturated heterocycles. The van der Waals surface area contributed by atoms with E-state index in [9.17, 15) is 4.39 Å². The van der Waals surface area contributed by atoms with E-state index in [4.69, 9.17) is 0 Å². The van der Waals surface area contributed by atoms with E-state index in [2.05, 4.69) is 23.4 Å². The van der Waals surface area contributed by atoms with Crippen molar-refractivity contribution in [3.63, 3.8) is 0 Å². The van der Waals surface area contributed by atoms with E-state index >= 15 is 0 Å². The fraction of sp³-hybridized carbons (Fsp3) is 0.600. The number of hydrogen-bond acceptors (Lipinski definition) is 1. The monoisotopic (exact) mass is 314 g/mol. The minimum atomic E-state index is -0.165. The average molecular weight is 314 g/mol. The van der Waals surface area contributed by atoms with Crippen molar-refractivity contribution < 1.29 is 4.39 Å². The molecule has 23 heavy (non-hydrogen) atoms. The highest BCUT2D eigenvalue weighted by Crippen LogP contribution is 2.41. The fourth-order valence-electron chi connectivity index (χ4n) is 4.92. The molecule has 2 heterocycles. The van der Waals surface area contributed by atoms with Crippen LogP contribution in [0.3, 0.4) is 0 Å². The molecule has 2 nitrogen and oxygen atoms in total. The molecule has 2 aliphatic rings. The predicted molar refractivity (Wildman–Crippen MR) is 93.2 cm³/mol. The van der Waals surface area contributed by atoms with E-state index in [1.807, 2.05) is 6.07 Å². The molecule has 1 saturated carbocycles. The van der Waals surface area contributed by atoms with Crippen molar-refractivity contribution in [2.75, 3.05) is 6.54 Å². The summed E-state index contributed by atoms with van der Waals surface area (Å²) in [5.41, 5.74) is 2.61. The first-order valence-corrected chi connectivity index (χ1v) is 9.17. The van der Waals surface area contributed by atoms with Gasteiger partial charge in [-0.25, -0.2) is 4.39 Å². The molecule has 2 aromatic rings. The lowest BCUT2D eigenvalue weighted by molar-refractivity contribution is 0.225. The van der Waals surface area contributed by atoms with Crippen LogP contribution in [0.5, 0.6) is 0 Å². The van der Waals surface area contributed by atoms with Crippen LogP contribution < -0.4 is 5.32 Å². The Labute approximate surface area is 137 Å². The number of fused-ring (bicyclic) bond motifs is 1. The molecule has 0 bridgehead atoms. The molecule has 2 fully saturated rings. The zero-order valence-electron chi connectivity index (χ0n) is 14.0. The molecule has 1 aromatic heterocycles. The Morgan fingerprint density at radius 3 is 2.78 bits per heavy atom. The maximum atomic E-state index is 13.4. The minimum absolute atomic E-state index is 0.165. The second kappa shape index (κ2) is 5.94. The predicted octanol–water partition coefficient (Wildman–Crippen LogP) is 5.11. The van der Waals surface area contributed by atoms with Gasteiger partial charge in [0.05, 0.1) is 0 Å². The van der Waals surface area contributed by atoms with Crippen LogP contribution >= 0.6 is 0 Å². The van der Waals surface area contributed by atoms with Gasteiger partial charge in [-0.3, -0.25) is 0 Å². The van der Waals surface area contributed by atoms with Gasteiger partial charge in [0.2, 0.25) is 0 Å². The van der Waals surface area contributed by atoms with Crippen molar-refractivity contribution in [3.8, 4) is 0 Å². The molecular formula is C20H27FN2. The second-order valence-corrected chi connectivity index (χ2v) is 7.78. The third-order valence-electron chi connectivity index (χ3n) is 6.41. The Bertz CT molecular complexity index is 686. The number of rotatable bonds is 2. The van der Waals surface area contributed by atoms with Crippen molar-refractivity contribution in [2.45, 2.75) is 63.3 Å². The molecule has 124 valence electrons. The number of nitrogens with one attached hydrogen (secondary N) is 2. The van der Waals surface area contributed by atoms with Gasteiger partial charge in [0.25, 0.3) is 0 Å². The molecule has 3 heteroatoms. The molecule has 2 unspecified atom stereocenters. The molecule has 1 aromatic carbocycles. The van der Waals surface area contributed by atoms with Crippen molar-refractivity contribution in [3.05, 3.63) is 35.8 Å². The van der Waals surface area contributed by atoms with Gasteiger partial charge in [0, 0.05) is 22.6 Å². The largest absolute Gasteiger partial charge is 0.361 e. The van der Waals surface area contributed by atoms with E-state index in [-0.39, 0.29) is 5.82 Å². The normalized spacial score (nSPS) is 29.9. The van der Waals surface area contributed by atoms with Crippen LogP contribution in [0.2, 0.25) is 0 Å². The van der Waals surface area contributed by atoms with Crippen LogP contribution in [0.1, 0.15) is 63.4 Å². The lowest BCUT2D eigenvalue weighted by Gasteiger charge is -2.36. The minimum Gasteiger partial charge on any atom is -0.361 e. The molecule has 1 aliphatic carbocycles. The molecule has 0 radical (unpaired) electrons. The molecule has 0 spiro atoms. The quantitative estimate of drug-likeness (QED) is 0.792. The zero-order chi connectivity index (χ0) is 15.9. The SMILES string of the molecule is CC1(C2CCCC2)CCC(c2c[nH]c3cc(F)ccc23)CCN1. The Morgan fingerprint density at radius 1 is 1.13 bits per heavy atom. The highest BCUT2D eigenvalue weighted by molar-refractivity contribution is 5.83. The molecule has 0 amide bonds. The number of aromatic nitrogens is 1. The van der Waals surface area contributed by atoms with Crippen LogP contribution in [0.4, 0.5) is 4.39 Å². The third kappa shape index (κ3) is 2.80. The summed E-state index contributed by atoms with van der Waals surface area (Å²) in [5.74, 6) is 1.26. The van der Waals surface area contributed by atoms with Gasteiger partial charge in [0.15, 0.2) is 0 Å². The van der Waals surface area contributed by atoms with Gasteiger partial charge >= 0.3 is 0 Å². The van der Waals surface area contributed by atoms with Crippen LogP contribution in [0.25, 0.3) is 10.9 Å². The number of H-pyrrole nitrogens is 1. The number of hydrogen-bond donors (Lipinski definition) is 2. The topological polar surface area (TPSA) is 27.8 Å². The van der Waals surface area contributed by atoms with E-state index in [1.54, 1.807) is 12.1 Å². The molecule has 2 atom stereocenters. The molecule has 2 N–H and O–H groups in total. The average Bonchev–Trinajstić information content (AvgIpc) is 3.17. The van der Waals surface area contributed by atoms with Gasteiger partial charge in [-0.1, -0.05) is 12.8 Å².